The quantitative estimate of drug-likeness (QED) is 0.311. The molecule has 0 saturated heterocycles. The maximum Gasteiger partial charge on any atom is 0.239 e. The van der Waals surface area contributed by atoms with Crippen molar-refractivity contribution in [3.8, 4) is 5.75 Å². The van der Waals surface area contributed by atoms with E-state index in [1.807, 2.05) is 19.1 Å². The normalized spacial score (nSPS) is 11.4. The maximum absolute atomic E-state index is 11.5. The fraction of sp³-hybridized carbons (Fsp3) is 0.462. The summed E-state index contributed by atoms with van der Waals surface area (Å²) in [5.41, 5.74) is 14.3. The summed E-state index contributed by atoms with van der Waals surface area (Å²) in [5.74, 6) is 0.214. The molecule has 1 amide bonds. The third-order valence-electron chi connectivity index (χ3n) is 2.57. The fourth-order valence-corrected chi connectivity index (χ4v) is 1.69. The molecule has 0 fully saturated rings. The first kappa shape index (κ1) is 15.8. The van der Waals surface area contributed by atoms with Crippen molar-refractivity contribution in [2.75, 3.05) is 19.7 Å². The van der Waals surface area contributed by atoms with Gasteiger partial charge >= 0.3 is 0 Å². The van der Waals surface area contributed by atoms with Gasteiger partial charge in [0.25, 0.3) is 0 Å². The van der Waals surface area contributed by atoms with Crippen molar-refractivity contribution in [3.63, 3.8) is 0 Å². The molecular weight excluding hydrogens is 258 g/mol. The number of nitrogens with one attached hydrogen (secondary N) is 1. The number of carbonyl (C=O) groups excluding carboxylic acids is 1. The van der Waals surface area contributed by atoms with Crippen LogP contribution in [-0.2, 0) is 4.79 Å². The Kier molecular flexibility index (Phi) is 6.95. The minimum absolute atomic E-state index is 0.256. The van der Waals surface area contributed by atoms with E-state index in [0.29, 0.717) is 18.9 Å². The standard InChI is InChI=1S/C13H19N5O2/c1-2-8-20-11-5-3-4-10(9-11)12(13(14)19)16-6-7-17-18-15/h3-5,9,12,16H,2,6-8H2,1H3,(H2,14,19). The van der Waals surface area contributed by atoms with Gasteiger partial charge in [0.1, 0.15) is 11.8 Å². The van der Waals surface area contributed by atoms with Crippen molar-refractivity contribution in [2.24, 2.45) is 10.8 Å². The van der Waals surface area contributed by atoms with Gasteiger partial charge in [-0.25, -0.2) is 0 Å². The average Bonchev–Trinajstić information content (AvgIpc) is 2.45. The Balaban J connectivity index is 2.74. The van der Waals surface area contributed by atoms with Gasteiger partial charge in [0.2, 0.25) is 5.91 Å². The second kappa shape index (κ2) is 8.79. The molecule has 7 nitrogen and oxygen atoms in total. The van der Waals surface area contributed by atoms with Crippen LogP contribution in [0.4, 0.5) is 0 Å². The molecule has 0 spiro atoms. The maximum atomic E-state index is 11.5. The molecule has 0 radical (unpaired) electrons. The summed E-state index contributed by atoms with van der Waals surface area (Å²) in [4.78, 5) is 14.2. The molecule has 1 rings (SSSR count). The van der Waals surface area contributed by atoms with Crippen LogP contribution in [-0.4, -0.2) is 25.6 Å². The van der Waals surface area contributed by atoms with Crippen molar-refractivity contribution in [1.29, 1.82) is 0 Å². The van der Waals surface area contributed by atoms with E-state index < -0.39 is 11.9 Å². The van der Waals surface area contributed by atoms with Crippen LogP contribution in [0, 0.1) is 0 Å². The zero-order valence-electron chi connectivity index (χ0n) is 11.5. The van der Waals surface area contributed by atoms with Crippen molar-refractivity contribution >= 4 is 5.91 Å². The lowest BCUT2D eigenvalue weighted by molar-refractivity contribution is -0.120. The first-order chi connectivity index (χ1) is 9.69. The number of hydrogen-bond acceptors (Lipinski definition) is 4. The average molecular weight is 277 g/mol. The topological polar surface area (TPSA) is 113 Å². The van der Waals surface area contributed by atoms with Crippen LogP contribution in [0.3, 0.4) is 0 Å². The summed E-state index contributed by atoms with van der Waals surface area (Å²) in [7, 11) is 0. The SMILES string of the molecule is CCCOc1cccc(C(NCCN=[N+]=[N-])C(N)=O)c1. The highest BCUT2D eigenvalue weighted by Crippen LogP contribution is 2.19. The molecule has 3 N–H and O–H groups in total. The third kappa shape index (κ3) is 5.17. The van der Waals surface area contributed by atoms with E-state index in [1.165, 1.54) is 0 Å². The Morgan fingerprint density at radius 3 is 3.05 bits per heavy atom. The predicted octanol–water partition coefficient (Wildman–Crippen LogP) is 1.90. The number of azide groups is 1. The van der Waals surface area contributed by atoms with Gasteiger partial charge < -0.3 is 15.8 Å². The number of amides is 1. The lowest BCUT2D eigenvalue weighted by Crippen LogP contribution is -2.34. The van der Waals surface area contributed by atoms with Crippen molar-refractivity contribution in [2.45, 2.75) is 19.4 Å². The zero-order chi connectivity index (χ0) is 14.8. The summed E-state index contributed by atoms with van der Waals surface area (Å²) < 4.78 is 5.52. The molecule has 0 saturated carbocycles. The Labute approximate surface area is 117 Å². The number of nitrogens with two attached hydrogens (primary N) is 1. The van der Waals surface area contributed by atoms with E-state index in [2.05, 4.69) is 15.3 Å². The molecule has 0 bridgehead atoms. The van der Waals surface area contributed by atoms with Gasteiger partial charge in [-0.3, -0.25) is 4.79 Å². The first-order valence-corrected chi connectivity index (χ1v) is 6.45. The highest BCUT2D eigenvalue weighted by atomic mass is 16.5. The van der Waals surface area contributed by atoms with Crippen molar-refractivity contribution in [1.82, 2.24) is 5.32 Å². The molecule has 1 aromatic carbocycles. The number of primary amides is 1. The van der Waals surface area contributed by atoms with Gasteiger partial charge in [0.15, 0.2) is 0 Å². The third-order valence-corrected chi connectivity index (χ3v) is 2.57. The molecule has 1 aromatic rings. The van der Waals surface area contributed by atoms with E-state index >= 15 is 0 Å². The molecule has 1 atom stereocenters. The Bertz CT molecular complexity index is 485. The molecule has 0 aliphatic carbocycles. The van der Waals surface area contributed by atoms with E-state index in [9.17, 15) is 4.79 Å². The highest BCUT2D eigenvalue weighted by molar-refractivity contribution is 5.81. The van der Waals surface area contributed by atoms with Crippen molar-refractivity contribution in [3.05, 3.63) is 40.3 Å². The van der Waals surface area contributed by atoms with Gasteiger partial charge in [0.05, 0.1) is 6.61 Å². The first-order valence-electron chi connectivity index (χ1n) is 6.45. The van der Waals surface area contributed by atoms with Gasteiger partial charge in [-0.05, 0) is 29.6 Å². The number of carbonyl (C=O) groups is 1. The molecule has 1 unspecified atom stereocenters. The summed E-state index contributed by atoms with van der Waals surface area (Å²) in [6.07, 6.45) is 0.911. The summed E-state index contributed by atoms with van der Waals surface area (Å²) >= 11 is 0. The number of nitrogens with zero attached hydrogens (tertiary/aromatic N) is 3. The number of benzene rings is 1. The van der Waals surface area contributed by atoms with Crippen molar-refractivity contribution < 1.29 is 9.53 Å². The number of ether oxygens (including phenoxy) is 1. The van der Waals surface area contributed by atoms with Crippen LogP contribution in [0.2, 0.25) is 0 Å². The molecule has 20 heavy (non-hydrogen) atoms. The predicted molar refractivity (Wildman–Crippen MR) is 76.2 cm³/mol. The molecule has 0 aromatic heterocycles. The Hall–Kier alpha value is -2.24. The van der Waals surface area contributed by atoms with Gasteiger partial charge in [0, 0.05) is 18.0 Å². The van der Waals surface area contributed by atoms with Crippen LogP contribution >= 0.6 is 0 Å². The molecule has 0 aliphatic rings. The van der Waals surface area contributed by atoms with E-state index in [4.69, 9.17) is 16.0 Å². The monoisotopic (exact) mass is 277 g/mol. The van der Waals surface area contributed by atoms with E-state index in [-0.39, 0.29) is 6.54 Å². The van der Waals surface area contributed by atoms with Crippen LogP contribution in [0.15, 0.2) is 29.4 Å². The minimum Gasteiger partial charge on any atom is -0.494 e. The fourth-order valence-electron chi connectivity index (χ4n) is 1.69. The minimum atomic E-state index is -0.630. The van der Waals surface area contributed by atoms with Crippen LogP contribution in [0.5, 0.6) is 5.75 Å². The van der Waals surface area contributed by atoms with E-state index in [0.717, 1.165) is 12.0 Å². The molecule has 0 aliphatic heterocycles. The lowest BCUT2D eigenvalue weighted by Gasteiger charge is -2.16. The molecular formula is C13H19N5O2. The Morgan fingerprint density at radius 1 is 1.60 bits per heavy atom. The summed E-state index contributed by atoms with van der Waals surface area (Å²) in [6, 6.07) is 6.59. The Morgan fingerprint density at radius 2 is 2.40 bits per heavy atom. The summed E-state index contributed by atoms with van der Waals surface area (Å²) in [6.45, 7) is 3.27. The van der Waals surface area contributed by atoms with E-state index in [1.54, 1.807) is 12.1 Å². The number of rotatable bonds is 9. The summed E-state index contributed by atoms with van der Waals surface area (Å²) in [5, 5.41) is 6.35. The molecule has 108 valence electrons. The molecule has 0 heterocycles. The smallest absolute Gasteiger partial charge is 0.239 e. The van der Waals surface area contributed by atoms with Gasteiger partial charge in [-0.2, -0.15) is 0 Å². The molecule has 7 heteroatoms. The second-order valence-electron chi connectivity index (χ2n) is 4.16. The highest BCUT2D eigenvalue weighted by Gasteiger charge is 2.17. The largest absolute Gasteiger partial charge is 0.494 e. The van der Waals surface area contributed by atoms with Crippen LogP contribution < -0.4 is 15.8 Å². The van der Waals surface area contributed by atoms with Gasteiger partial charge in [-0.1, -0.05) is 24.2 Å². The zero-order valence-corrected chi connectivity index (χ0v) is 11.5. The van der Waals surface area contributed by atoms with Crippen LogP contribution in [0.25, 0.3) is 10.4 Å². The van der Waals surface area contributed by atoms with Gasteiger partial charge in [-0.15, -0.1) is 0 Å². The second-order valence-corrected chi connectivity index (χ2v) is 4.16. The van der Waals surface area contributed by atoms with Crippen LogP contribution in [0.1, 0.15) is 24.9 Å². The lowest BCUT2D eigenvalue weighted by atomic mass is 10.1. The number of hydrogen-bond donors (Lipinski definition) is 2.